The van der Waals surface area contributed by atoms with Gasteiger partial charge in [0.2, 0.25) is 11.5 Å². The lowest BCUT2D eigenvalue weighted by molar-refractivity contribution is 0.103. The highest BCUT2D eigenvalue weighted by atomic mass is 19.1. The second-order valence-corrected chi connectivity index (χ2v) is 7.68. The standard InChI is InChI=1S/C23H26FN5O4/c1-31-18-12-14(13-19(32-2)22(18)33-3)21(30)20-23(28-10-8-15(25)9-11-28)27-29(26-20)17-7-5-4-6-16(17)24/h4-7,12-13,15H,8-11,25H2,1-3H3. The maximum atomic E-state index is 14.5. The second kappa shape index (κ2) is 9.45. The molecule has 2 N–H and O–H groups in total. The van der Waals surface area contributed by atoms with Gasteiger partial charge >= 0.3 is 0 Å². The highest BCUT2D eigenvalue weighted by Crippen LogP contribution is 2.39. The highest BCUT2D eigenvalue weighted by molar-refractivity contribution is 6.11. The van der Waals surface area contributed by atoms with Crippen LogP contribution in [0.5, 0.6) is 17.2 Å². The number of ether oxygens (including phenoxy) is 3. The van der Waals surface area contributed by atoms with Crippen LogP contribution in [0.25, 0.3) is 5.69 Å². The van der Waals surface area contributed by atoms with Crippen LogP contribution in [0.2, 0.25) is 0 Å². The van der Waals surface area contributed by atoms with E-state index in [0.717, 1.165) is 17.6 Å². The van der Waals surface area contributed by atoms with Crippen LogP contribution < -0.4 is 24.8 Å². The molecule has 2 aromatic carbocycles. The van der Waals surface area contributed by atoms with Gasteiger partial charge in [-0.15, -0.1) is 15.0 Å². The summed E-state index contributed by atoms with van der Waals surface area (Å²) in [6, 6.07) is 9.35. The summed E-state index contributed by atoms with van der Waals surface area (Å²) in [5, 5.41) is 8.89. The number of para-hydroxylation sites is 1. The first-order chi connectivity index (χ1) is 16.0. The van der Waals surface area contributed by atoms with Gasteiger partial charge in [0.15, 0.2) is 28.8 Å². The van der Waals surface area contributed by atoms with Crippen molar-refractivity contribution in [1.29, 1.82) is 0 Å². The average molecular weight is 455 g/mol. The molecule has 10 heteroatoms. The number of methoxy groups -OCH3 is 3. The van der Waals surface area contributed by atoms with Gasteiger partial charge in [-0.3, -0.25) is 4.79 Å². The zero-order chi connectivity index (χ0) is 23.5. The summed E-state index contributed by atoms with van der Waals surface area (Å²) in [4.78, 5) is 16.7. The number of carbonyl (C=O) groups excluding carboxylic acids is 1. The molecule has 0 unspecified atom stereocenters. The van der Waals surface area contributed by atoms with Crippen LogP contribution in [0.3, 0.4) is 0 Å². The van der Waals surface area contributed by atoms with E-state index in [1.165, 1.54) is 27.4 Å². The van der Waals surface area contributed by atoms with E-state index in [0.29, 0.717) is 36.2 Å². The topological polar surface area (TPSA) is 105 Å². The molecule has 0 bridgehead atoms. The van der Waals surface area contributed by atoms with E-state index >= 15 is 0 Å². The zero-order valence-electron chi connectivity index (χ0n) is 18.7. The number of carbonyl (C=O) groups is 1. The summed E-state index contributed by atoms with van der Waals surface area (Å²) in [5.74, 6) is 0.535. The Hall–Kier alpha value is -3.66. The lowest BCUT2D eigenvalue weighted by Gasteiger charge is -2.30. The number of ketones is 1. The largest absolute Gasteiger partial charge is 0.493 e. The SMILES string of the molecule is COc1cc(C(=O)c2nn(-c3ccccc3F)nc2N2CCC(N)CC2)cc(OC)c1OC. The van der Waals surface area contributed by atoms with Gasteiger partial charge in [0.05, 0.1) is 21.3 Å². The Kier molecular flexibility index (Phi) is 6.45. The predicted molar refractivity (Wildman–Crippen MR) is 120 cm³/mol. The number of halogens is 1. The molecule has 1 aromatic heterocycles. The van der Waals surface area contributed by atoms with Crippen LogP contribution in [-0.4, -0.2) is 61.2 Å². The number of nitrogens with two attached hydrogens (primary N) is 1. The van der Waals surface area contributed by atoms with Gasteiger partial charge in [0.25, 0.3) is 0 Å². The summed E-state index contributed by atoms with van der Waals surface area (Å²) >= 11 is 0. The maximum Gasteiger partial charge on any atom is 0.217 e. The molecular formula is C23H26FN5O4. The maximum absolute atomic E-state index is 14.5. The third kappa shape index (κ3) is 4.34. The molecule has 0 radical (unpaired) electrons. The van der Waals surface area contributed by atoms with Gasteiger partial charge < -0.3 is 24.8 Å². The average Bonchev–Trinajstić information content (AvgIpc) is 3.28. The summed E-state index contributed by atoms with van der Waals surface area (Å²) in [6.45, 7) is 1.24. The second-order valence-electron chi connectivity index (χ2n) is 7.68. The van der Waals surface area contributed by atoms with Crippen molar-refractivity contribution in [2.45, 2.75) is 18.9 Å². The molecule has 1 aliphatic rings. The molecule has 0 amide bonds. The van der Waals surface area contributed by atoms with Crippen LogP contribution in [0, 0.1) is 5.82 Å². The number of hydrogen-bond donors (Lipinski definition) is 1. The number of hydrogen-bond acceptors (Lipinski definition) is 8. The third-order valence-corrected chi connectivity index (χ3v) is 5.65. The highest BCUT2D eigenvalue weighted by Gasteiger charge is 2.29. The minimum Gasteiger partial charge on any atom is -0.493 e. The Bertz CT molecular complexity index is 1130. The lowest BCUT2D eigenvalue weighted by Crippen LogP contribution is -2.40. The van der Waals surface area contributed by atoms with E-state index in [1.54, 1.807) is 30.3 Å². The number of rotatable bonds is 7. The van der Waals surface area contributed by atoms with Crippen molar-refractivity contribution in [3.63, 3.8) is 0 Å². The van der Waals surface area contributed by atoms with Crippen molar-refractivity contribution in [1.82, 2.24) is 15.0 Å². The third-order valence-electron chi connectivity index (χ3n) is 5.65. The van der Waals surface area contributed by atoms with Crippen LogP contribution >= 0.6 is 0 Å². The number of piperidine rings is 1. The zero-order valence-corrected chi connectivity index (χ0v) is 18.7. The molecule has 1 fully saturated rings. The van der Waals surface area contributed by atoms with Crippen molar-refractivity contribution in [2.24, 2.45) is 5.73 Å². The quantitative estimate of drug-likeness (QED) is 0.542. The first-order valence-corrected chi connectivity index (χ1v) is 10.5. The van der Waals surface area contributed by atoms with E-state index in [9.17, 15) is 9.18 Å². The Balaban J connectivity index is 1.82. The number of aromatic nitrogens is 3. The number of nitrogens with zero attached hydrogens (tertiary/aromatic N) is 4. The molecule has 0 atom stereocenters. The lowest BCUT2D eigenvalue weighted by atomic mass is 10.0. The first kappa shape index (κ1) is 22.5. The molecule has 1 saturated heterocycles. The Labute approximate surface area is 190 Å². The van der Waals surface area contributed by atoms with Crippen LogP contribution in [-0.2, 0) is 0 Å². The first-order valence-electron chi connectivity index (χ1n) is 10.5. The molecular weight excluding hydrogens is 429 g/mol. The molecule has 4 rings (SSSR count). The Morgan fingerprint density at radius 1 is 1.03 bits per heavy atom. The normalized spacial score (nSPS) is 14.3. The monoisotopic (exact) mass is 455 g/mol. The van der Waals surface area contributed by atoms with Gasteiger partial charge in [-0.1, -0.05) is 12.1 Å². The predicted octanol–water partition coefficient (Wildman–Crippen LogP) is 2.59. The number of benzene rings is 2. The van der Waals surface area contributed by atoms with Gasteiger partial charge in [-0.25, -0.2) is 4.39 Å². The van der Waals surface area contributed by atoms with E-state index in [1.807, 2.05) is 4.90 Å². The molecule has 1 aliphatic heterocycles. The van der Waals surface area contributed by atoms with Crippen molar-refractivity contribution in [2.75, 3.05) is 39.3 Å². The Morgan fingerprint density at radius 2 is 1.67 bits per heavy atom. The molecule has 3 aromatic rings. The molecule has 9 nitrogen and oxygen atoms in total. The summed E-state index contributed by atoms with van der Waals surface area (Å²) in [7, 11) is 4.44. The molecule has 0 spiro atoms. The van der Waals surface area contributed by atoms with E-state index in [-0.39, 0.29) is 23.0 Å². The molecule has 0 aliphatic carbocycles. The van der Waals surface area contributed by atoms with Crippen molar-refractivity contribution in [3.8, 4) is 22.9 Å². The minimum absolute atomic E-state index is 0.0946. The van der Waals surface area contributed by atoms with Crippen molar-refractivity contribution < 1.29 is 23.4 Å². The van der Waals surface area contributed by atoms with E-state index in [2.05, 4.69) is 10.2 Å². The molecule has 33 heavy (non-hydrogen) atoms. The molecule has 174 valence electrons. The minimum atomic E-state index is -0.494. The molecule has 0 saturated carbocycles. The van der Waals surface area contributed by atoms with Gasteiger partial charge in [-0.05, 0) is 37.1 Å². The fourth-order valence-corrected chi connectivity index (χ4v) is 3.84. The van der Waals surface area contributed by atoms with Crippen molar-refractivity contribution >= 4 is 11.6 Å². The Morgan fingerprint density at radius 3 is 2.24 bits per heavy atom. The van der Waals surface area contributed by atoms with Gasteiger partial charge in [0.1, 0.15) is 5.69 Å². The smallest absolute Gasteiger partial charge is 0.217 e. The van der Waals surface area contributed by atoms with E-state index in [4.69, 9.17) is 19.9 Å². The van der Waals surface area contributed by atoms with E-state index < -0.39 is 11.6 Å². The fraction of sp³-hybridized carbons (Fsp3) is 0.348. The van der Waals surface area contributed by atoms with Crippen molar-refractivity contribution in [3.05, 3.63) is 53.5 Å². The van der Waals surface area contributed by atoms with Gasteiger partial charge in [-0.2, -0.15) is 0 Å². The molecule has 2 heterocycles. The fourth-order valence-electron chi connectivity index (χ4n) is 3.84. The van der Waals surface area contributed by atoms with Crippen LogP contribution in [0.4, 0.5) is 10.2 Å². The summed E-state index contributed by atoms with van der Waals surface area (Å²) in [5.41, 5.74) is 6.57. The summed E-state index contributed by atoms with van der Waals surface area (Å²) in [6.07, 6.45) is 1.51. The van der Waals surface area contributed by atoms with Gasteiger partial charge in [0, 0.05) is 24.7 Å². The number of anilines is 1. The van der Waals surface area contributed by atoms with Crippen LogP contribution in [0.15, 0.2) is 36.4 Å². The summed E-state index contributed by atoms with van der Waals surface area (Å²) < 4.78 is 30.6. The van der Waals surface area contributed by atoms with Crippen LogP contribution in [0.1, 0.15) is 28.9 Å².